The fourth-order valence-corrected chi connectivity index (χ4v) is 6.63. The number of hydrogen-bond donors (Lipinski definition) is 1. The molecule has 0 aromatic rings. The van der Waals surface area contributed by atoms with Crippen LogP contribution in [0.2, 0.25) is 0 Å². The van der Waals surface area contributed by atoms with Crippen molar-refractivity contribution in [2.24, 2.45) is 23.2 Å². The summed E-state index contributed by atoms with van der Waals surface area (Å²) in [6, 6.07) is 0.725. The van der Waals surface area contributed by atoms with E-state index in [0.29, 0.717) is 11.0 Å². The second kappa shape index (κ2) is 4.96. The van der Waals surface area contributed by atoms with Gasteiger partial charge in [-0.3, -0.25) is 0 Å². The van der Waals surface area contributed by atoms with Crippen LogP contribution in [0.4, 0.5) is 0 Å². The average Bonchev–Trinajstić information content (AvgIpc) is 2.35. The van der Waals surface area contributed by atoms with Gasteiger partial charge >= 0.3 is 0 Å². The molecule has 4 bridgehead atoms. The molecule has 0 heterocycles. The number of hydrogen-bond acceptors (Lipinski definition) is 2. The van der Waals surface area contributed by atoms with Crippen LogP contribution in [0.1, 0.15) is 64.7 Å². The largest absolute Gasteiger partial charge is 0.312 e. The van der Waals surface area contributed by atoms with Gasteiger partial charge in [0.2, 0.25) is 0 Å². The van der Waals surface area contributed by atoms with Gasteiger partial charge in [-0.05, 0) is 102 Å². The van der Waals surface area contributed by atoms with Gasteiger partial charge in [0, 0.05) is 18.1 Å². The van der Waals surface area contributed by atoms with Crippen LogP contribution in [-0.4, -0.2) is 37.1 Å². The fourth-order valence-electron chi connectivity index (χ4n) is 6.63. The van der Waals surface area contributed by atoms with Crippen LogP contribution >= 0.6 is 0 Å². The van der Waals surface area contributed by atoms with E-state index in [1.165, 1.54) is 45.1 Å². The second-order valence-electron chi connectivity index (χ2n) is 9.35. The Bertz CT molecular complexity index is 361. The predicted octanol–water partition coefficient (Wildman–Crippen LogP) is 3.67. The summed E-state index contributed by atoms with van der Waals surface area (Å²) in [5.74, 6) is 3.23. The van der Waals surface area contributed by atoms with Crippen LogP contribution in [0.25, 0.3) is 0 Å². The summed E-state index contributed by atoms with van der Waals surface area (Å²) in [6.07, 6.45) is 13.5. The van der Waals surface area contributed by atoms with Gasteiger partial charge < -0.3 is 10.2 Å². The Morgan fingerprint density at radius 1 is 1.00 bits per heavy atom. The summed E-state index contributed by atoms with van der Waals surface area (Å²) in [4.78, 5) is 2.48. The molecule has 5 saturated carbocycles. The monoisotopic (exact) mass is 290 g/mol. The highest BCUT2D eigenvalue weighted by Crippen LogP contribution is 2.61. The lowest BCUT2D eigenvalue weighted by atomic mass is 9.48. The van der Waals surface area contributed by atoms with Crippen molar-refractivity contribution in [3.63, 3.8) is 0 Å². The molecule has 21 heavy (non-hydrogen) atoms. The van der Waals surface area contributed by atoms with Crippen LogP contribution in [-0.2, 0) is 0 Å². The van der Waals surface area contributed by atoms with Crippen molar-refractivity contribution in [2.45, 2.75) is 76.3 Å². The number of nitrogens with zero attached hydrogens (tertiary/aromatic N) is 1. The Balaban J connectivity index is 1.42. The zero-order valence-corrected chi connectivity index (χ0v) is 14.3. The number of nitrogens with one attached hydrogen (secondary N) is 1. The Labute approximate surface area is 131 Å². The Morgan fingerprint density at radius 3 is 1.90 bits per heavy atom. The number of likely N-dealkylation sites (N-methyl/N-ethyl adjacent to an activating group) is 1. The highest BCUT2D eigenvalue weighted by molar-refractivity contribution is 5.06. The van der Waals surface area contributed by atoms with Crippen molar-refractivity contribution in [3.05, 3.63) is 0 Å². The zero-order valence-electron chi connectivity index (χ0n) is 14.3. The van der Waals surface area contributed by atoms with Crippen LogP contribution in [0.15, 0.2) is 0 Å². The van der Waals surface area contributed by atoms with E-state index >= 15 is 0 Å². The maximum Gasteiger partial charge on any atom is 0.0328 e. The molecule has 1 unspecified atom stereocenters. The molecule has 0 spiro atoms. The zero-order chi connectivity index (χ0) is 14.7. The molecule has 2 nitrogen and oxygen atoms in total. The fraction of sp³-hybridized carbons (Fsp3) is 1.00. The maximum atomic E-state index is 4.02. The van der Waals surface area contributed by atoms with Crippen LogP contribution < -0.4 is 5.32 Å². The SMILES string of the molecule is CC(NCC1(N(C)C)CCC1)C12CC3CC(CC(C3)C1)C2. The molecule has 5 aliphatic carbocycles. The van der Waals surface area contributed by atoms with Gasteiger partial charge in [-0.1, -0.05) is 0 Å². The molecule has 5 fully saturated rings. The van der Waals surface area contributed by atoms with Gasteiger partial charge in [-0.2, -0.15) is 0 Å². The van der Waals surface area contributed by atoms with Gasteiger partial charge in [0.15, 0.2) is 0 Å². The van der Waals surface area contributed by atoms with E-state index in [-0.39, 0.29) is 0 Å². The molecule has 120 valence electrons. The maximum absolute atomic E-state index is 4.02. The van der Waals surface area contributed by atoms with Crippen LogP contribution in [0.3, 0.4) is 0 Å². The minimum Gasteiger partial charge on any atom is -0.312 e. The smallest absolute Gasteiger partial charge is 0.0328 e. The van der Waals surface area contributed by atoms with Gasteiger partial charge in [0.25, 0.3) is 0 Å². The van der Waals surface area contributed by atoms with Crippen molar-refractivity contribution in [2.75, 3.05) is 20.6 Å². The molecule has 5 aliphatic rings. The summed E-state index contributed by atoms with van der Waals surface area (Å²) >= 11 is 0. The van der Waals surface area contributed by atoms with Crippen molar-refractivity contribution in [1.29, 1.82) is 0 Å². The molecular formula is C19H34N2. The van der Waals surface area contributed by atoms with Crippen molar-refractivity contribution < 1.29 is 0 Å². The molecule has 0 amide bonds. The summed E-state index contributed by atoms with van der Waals surface area (Å²) in [7, 11) is 4.55. The van der Waals surface area contributed by atoms with E-state index in [1.807, 2.05) is 0 Å². The lowest BCUT2D eigenvalue weighted by Gasteiger charge is -2.59. The van der Waals surface area contributed by atoms with Crippen molar-refractivity contribution in [3.8, 4) is 0 Å². The Hall–Kier alpha value is -0.0800. The van der Waals surface area contributed by atoms with E-state index < -0.39 is 0 Å². The quantitative estimate of drug-likeness (QED) is 0.831. The van der Waals surface area contributed by atoms with Crippen molar-refractivity contribution in [1.82, 2.24) is 10.2 Å². The molecular weight excluding hydrogens is 256 g/mol. The van der Waals surface area contributed by atoms with E-state index in [0.717, 1.165) is 23.8 Å². The first kappa shape index (κ1) is 14.5. The molecule has 0 saturated heterocycles. The normalized spacial score (nSPS) is 44.9. The Morgan fingerprint density at radius 2 is 1.52 bits per heavy atom. The molecule has 0 aliphatic heterocycles. The summed E-state index contributed by atoms with van der Waals surface area (Å²) in [5, 5.41) is 4.02. The van der Waals surface area contributed by atoms with Gasteiger partial charge in [-0.15, -0.1) is 0 Å². The molecule has 0 aromatic carbocycles. The third-order valence-electron chi connectivity index (χ3n) is 7.97. The molecule has 1 N–H and O–H groups in total. The van der Waals surface area contributed by atoms with Gasteiger partial charge in [-0.25, -0.2) is 0 Å². The highest BCUT2D eigenvalue weighted by atomic mass is 15.2. The molecule has 1 atom stereocenters. The van der Waals surface area contributed by atoms with Gasteiger partial charge in [0.05, 0.1) is 0 Å². The minimum atomic E-state index is 0.469. The third-order valence-corrected chi connectivity index (χ3v) is 7.97. The summed E-state index contributed by atoms with van der Waals surface area (Å²) < 4.78 is 0. The van der Waals surface area contributed by atoms with E-state index in [9.17, 15) is 0 Å². The standard InChI is InChI=1S/C19H34N2/c1-14(20-13-19(21(2)3)5-4-6-19)18-10-15-7-16(11-18)9-17(8-15)12-18/h14-17,20H,4-13H2,1-3H3. The molecule has 5 rings (SSSR count). The minimum absolute atomic E-state index is 0.469. The second-order valence-corrected chi connectivity index (χ2v) is 9.35. The van der Waals surface area contributed by atoms with Crippen LogP contribution in [0, 0.1) is 23.2 Å². The van der Waals surface area contributed by atoms with Crippen LogP contribution in [0.5, 0.6) is 0 Å². The molecule has 2 heteroatoms. The average molecular weight is 290 g/mol. The third kappa shape index (κ3) is 2.28. The summed E-state index contributed by atoms with van der Waals surface area (Å²) in [5.41, 5.74) is 1.13. The van der Waals surface area contributed by atoms with Gasteiger partial charge in [0.1, 0.15) is 0 Å². The lowest BCUT2D eigenvalue weighted by Crippen LogP contribution is -2.61. The van der Waals surface area contributed by atoms with E-state index in [4.69, 9.17) is 0 Å². The van der Waals surface area contributed by atoms with E-state index in [2.05, 4.69) is 31.2 Å². The molecule has 0 aromatic heterocycles. The first-order valence-corrected chi connectivity index (χ1v) is 9.42. The Kier molecular flexibility index (Phi) is 3.43. The summed E-state index contributed by atoms with van der Waals surface area (Å²) in [6.45, 7) is 3.72. The van der Waals surface area contributed by atoms with Crippen molar-refractivity contribution >= 4 is 0 Å². The predicted molar refractivity (Wildman–Crippen MR) is 88.3 cm³/mol. The molecule has 0 radical (unpaired) electrons. The highest BCUT2D eigenvalue weighted by Gasteiger charge is 2.53. The number of rotatable bonds is 5. The lowest BCUT2D eigenvalue weighted by molar-refractivity contribution is -0.0736. The first-order valence-electron chi connectivity index (χ1n) is 9.42. The first-order chi connectivity index (χ1) is 10.0. The topological polar surface area (TPSA) is 15.3 Å². The van der Waals surface area contributed by atoms with E-state index in [1.54, 1.807) is 19.3 Å².